The zero-order chi connectivity index (χ0) is 32.3. The summed E-state index contributed by atoms with van der Waals surface area (Å²) in [4.78, 5) is 15.1. The van der Waals surface area contributed by atoms with Crippen LogP contribution in [0.5, 0.6) is 0 Å². The van der Waals surface area contributed by atoms with Gasteiger partial charge in [-0.2, -0.15) is 0 Å². The molecule has 0 unspecified atom stereocenters. The number of hydrogen-bond acceptors (Lipinski definition) is 3. The first-order chi connectivity index (χ1) is 24.3. The van der Waals surface area contributed by atoms with E-state index in [1.165, 1.54) is 10.8 Å². The second-order valence-electron chi connectivity index (χ2n) is 12.5. The largest absolute Gasteiger partial charge is 0.291 e. The number of benzene rings is 6. The minimum Gasteiger partial charge on any atom is -0.291 e. The second-order valence-corrected chi connectivity index (χ2v) is 12.5. The third kappa shape index (κ3) is 4.42. The third-order valence-electron chi connectivity index (χ3n) is 9.61. The summed E-state index contributed by atoms with van der Waals surface area (Å²) in [5, 5.41) is 5.71. The predicted molar refractivity (Wildman–Crippen MR) is 203 cm³/mol. The highest BCUT2D eigenvalue weighted by Gasteiger charge is 2.21. The van der Waals surface area contributed by atoms with E-state index in [2.05, 4.69) is 167 Å². The molecule has 10 rings (SSSR count). The lowest BCUT2D eigenvalue weighted by Crippen LogP contribution is -1.95. The zero-order valence-corrected chi connectivity index (χ0v) is 26.5. The molecule has 49 heavy (non-hydrogen) atoms. The van der Waals surface area contributed by atoms with Crippen molar-refractivity contribution < 1.29 is 0 Å². The van der Waals surface area contributed by atoms with Gasteiger partial charge in [-0.05, 0) is 34.7 Å². The van der Waals surface area contributed by atoms with Crippen molar-refractivity contribution in [3.63, 3.8) is 0 Å². The lowest BCUT2D eigenvalue weighted by atomic mass is 9.98. The van der Waals surface area contributed by atoms with Gasteiger partial charge in [0.05, 0.1) is 33.6 Å². The van der Waals surface area contributed by atoms with Gasteiger partial charge >= 0.3 is 0 Å². The maximum atomic E-state index is 5.38. The van der Waals surface area contributed by atoms with E-state index >= 15 is 0 Å². The molecule has 4 heterocycles. The zero-order valence-electron chi connectivity index (χ0n) is 26.5. The normalized spacial score (nSPS) is 11.7. The van der Waals surface area contributed by atoms with Crippen LogP contribution in [0.15, 0.2) is 170 Å². The predicted octanol–water partition coefficient (Wildman–Crippen LogP) is 11.4. The monoisotopic (exact) mass is 624 g/mol. The van der Waals surface area contributed by atoms with Crippen molar-refractivity contribution in [2.24, 2.45) is 0 Å². The van der Waals surface area contributed by atoms with Gasteiger partial charge in [0.25, 0.3) is 0 Å². The van der Waals surface area contributed by atoms with Crippen molar-refractivity contribution >= 4 is 49.1 Å². The van der Waals surface area contributed by atoms with Crippen LogP contribution in [-0.4, -0.2) is 19.4 Å². The van der Waals surface area contributed by atoms with Crippen LogP contribution in [0.2, 0.25) is 0 Å². The summed E-state index contributed by atoms with van der Waals surface area (Å²) in [5.41, 5.74) is 12.5. The Kier molecular flexibility index (Phi) is 6.15. The van der Waals surface area contributed by atoms with Gasteiger partial charge in [0, 0.05) is 44.4 Å². The Labute approximate surface area is 282 Å². The minimum absolute atomic E-state index is 0.926. The molecule has 0 fully saturated rings. The molecule has 10 aromatic rings. The lowest BCUT2D eigenvalue weighted by molar-refractivity contribution is 1.27. The summed E-state index contributed by atoms with van der Waals surface area (Å²) in [5.74, 6) is 0. The Hall–Kier alpha value is -6.65. The molecule has 0 aliphatic heterocycles. The molecule has 0 amide bonds. The van der Waals surface area contributed by atoms with E-state index < -0.39 is 0 Å². The highest BCUT2D eigenvalue weighted by atomic mass is 15.0. The molecule has 4 heteroatoms. The molecule has 0 aliphatic rings. The average Bonchev–Trinajstić information content (AvgIpc) is 3.60. The number of nitrogens with zero attached hydrogens (tertiary/aromatic N) is 4. The fourth-order valence-corrected chi connectivity index (χ4v) is 7.25. The first kappa shape index (κ1) is 27.5. The number of rotatable bonds is 4. The number of imidazole rings is 1. The van der Waals surface area contributed by atoms with E-state index in [1.54, 1.807) is 0 Å². The highest BCUT2D eigenvalue weighted by Crippen LogP contribution is 2.40. The van der Waals surface area contributed by atoms with Crippen LogP contribution in [0.4, 0.5) is 0 Å². The Bertz CT molecular complexity index is 2860. The number of fused-ring (bicyclic) bond motifs is 9. The summed E-state index contributed by atoms with van der Waals surface area (Å²) in [7, 11) is 0. The van der Waals surface area contributed by atoms with Crippen molar-refractivity contribution in [2.45, 2.75) is 0 Å². The average molecular weight is 625 g/mol. The van der Waals surface area contributed by atoms with Crippen LogP contribution in [0.25, 0.3) is 94.0 Å². The quantitative estimate of drug-likeness (QED) is 0.183. The standard InChI is InChI=1S/C45H28N4/c1-3-10-31(11-4-1)43-44(34-12-5-2-6-13-34)49-40-28-35(23-25-37(40)36-15-7-8-16-38(36)45(49)48-43)29-17-19-30(20-18-29)39-26-24-33-22-21-32-14-9-27-46-41(32)42(33)47-39/h1-28H. The van der Waals surface area contributed by atoms with E-state index in [-0.39, 0.29) is 0 Å². The van der Waals surface area contributed by atoms with E-state index in [4.69, 9.17) is 9.97 Å². The van der Waals surface area contributed by atoms with Crippen molar-refractivity contribution in [1.29, 1.82) is 0 Å². The van der Waals surface area contributed by atoms with E-state index in [1.807, 2.05) is 12.3 Å². The molecule has 0 radical (unpaired) electrons. The molecule has 0 aliphatic carbocycles. The Balaban J connectivity index is 1.17. The van der Waals surface area contributed by atoms with Gasteiger partial charge in [-0.15, -0.1) is 0 Å². The third-order valence-corrected chi connectivity index (χ3v) is 9.61. The number of aromatic nitrogens is 4. The second kappa shape index (κ2) is 11.0. The summed E-state index contributed by atoms with van der Waals surface area (Å²) in [6.07, 6.45) is 1.83. The van der Waals surface area contributed by atoms with Crippen LogP contribution in [-0.2, 0) is 0 Å². The van der Waals surface area contributed by atoms with Gasteiger partial charge < -0.3 is 0 Å². The number of pyridine rings is 3. The fraction of sp³-hybridized carbons (Fsp3) is 0. The summed E-state index contributed by atoms with van der Waals surface area (Å²) in [6, 6.07) is 57.8. The SMILES string of the molecule is c1ccc(-c2nc3c4ccccc4c4ccc(-c5ccc(-c6ccc7ccc8cccnc8c7n6)cc5)cc4n3c2-c2ccccc2)cc1. The molecule has 0 saturated heterocycles. The van der Waals surface area contributed by atoms with Crippen LogP contribution < -0.4 is 0 Å². The van der Waals surface area contributed by atoms with Crippen LogP contribution in [0, 0.1) is 0 Å². The molecular formula is C45H28N4. The first-order valence-electron chi connectivity index (χ1n) is 16.5. The Morgan fingerprint density at radius 3 is 1.86 bits per heavy atom. The topological polar surface area (TPSA) is 43.1 Å². The molecule has 6 aromatic carbocycles. The summed E-state index contributed by atoms with van der Waals surface area (Å²) >= 11 is 0. The summed E-state index contributed by atoms with van der Waals surface area (Å²) in [6.45, 7) is 0. The summed E-state index contributed by atoms with van der Waals surface area (Å²) < 4.78 is 2.37. The molecular weight excluding hydrogens is 597 g/mol. The van der Waals surface area contributed by atoms with Gasteiger partial charge in [0.2, 0.25) is 0 Å². The Morgan fingerprint density at radius 2 is 1.06 bits per heavy atom. The maximum Gasteiger partial charge on any atom is 0.146 e. The van der Waals surface area contributed by atoms with Gasteiger partial charge in [0.1, 0.15) is 5.65 Å². The molecule has 0 bridgehead atoms. The smallest absolute Gasteiger partial charge is 0.146 e. The molecule has 0 saturated carbocycles. The molecule has 4 aromatic heterocycles. The van der Waals surface area contributed by atoms with E-state index in [0.717, 1.165) is 83.3 Å². The highest BCUT2D eigenvalue weighted by molar-refractivity contribution is 6.14. The van der Waals surface area contributed by atoms with E-state index in [9.17, 15) is 0 Å². The van der Waals surface area contributed by atoms with Gasteiger partial charge in [-0.25, -0.2) is 9.97 Å². The molecule has 0 spiro atoms. The van der Waals surface area contributed by atoms with Crippen LogP contribution in [0.1, 0.15) is 0 Å². The first-order valence-corrected chi connectivity index (χ1v) is 16.5. The Morgan fingerprint density at radius 1 is 0.408 bits per heavy atom. The van der Waals surface area contributed by atoms with E-state index in [0.29, 0.717) is 0 Å². The minimum atomic E-state index is 0.926. The van der Waals surface area contributed by atoms with Crippen molar-refractivity contribution in [1.82, 2.24) is 19.4 Å². The molecule has 0 atom stereocenters. The maximum absolute atomic E-state index is 5.38. The van der Waals surface area contributed by atoms with Crippen molar-refractivity contribution in [2.75, 3.05) is 0 Å². The van der Waals surface area contributed by atoms with Gasteiger partial charge in [-0.3, -0.25) is 9.38 Å². The van der Waals surface area contributed by atoms with Gasteiger partial charge in [-0.1, -0.05) is 146 Å². The van der Waals surface area contributed by atoms with Crippen LogP contribution >= 0.6 is 0 Å². The number of hydrogen-bond donors (Lipinski definition) is 0. The molecule has 4 nitrogen and oxygen atoms in total. The van der Waals surface area contributed by atoms with Crippen LogP contribution in [0.3, 0.4) is 0 Å². The molecule has 228 valence electrons. The van der Waals surface area contributed by atoms with Crippen molar-refractivity contribution in [3.8, 4) is 44.9 Å². The van der Waals surface area contributed by atoms with Gasteiger partial charge in [0.15, 0.2) is 0 Å². The molecule has 0 N–H and O–H groups in total. The van der Waals surface area contributed by atoms with Crippen molar-refractivity contribution in [3.05, 3.63) is 170 Å². The lowest BCUT2D eigenvalue weighted by Gasteiger charge is -2.13. The fourth-order valence-electron chi connectivity index (χ4n) is 7.25.